The first-order chi connectivity index (χ1) is 9.65. The molecule has 0 unspecified atom stereocenters. The molecule has 3 aromatic rings. The first kappa shape index (κ1) is 14.8. The molecule has 0 aliphatic heterocycles. The third kappa shape index (κ3) is 2.76. The average Bonchev–Trinajstić information content (AvgIpc) is 2.78. The molecule has 0 aromatic carbocycles. The Morgan fingerprint density at radius 3 is 2.25 bits per heavy atom. The molecule has 3 aromatic heterocycles. The van der Waals surface area contributed by atoms with Crippen molar-refractivity contribution in [3.05, 3.63) is 41.0 Å². The van der Waals surface area contributed by atoms with E-state index in [2.05, 4.69) is 15.0 Å². The predicted molar refractivity (Wildman–Crippen MR) is 83.1 cm³/mol. The van der Waals surface area contributed by atoms with Crippen molar-refractivity contribution in [2.45, 2.75) is 13.8 Å². The lowest BCUT2D eigenvalue weighted by atomic mass is 10.1. The Labute approximate surface area is 127 Å². The lowest BCUT2D eigenvalue weighted by molar-refractivity contribution is 0.947. The van der Waals surface area contributed by atoms with Gasteiger partial charge in [0.1, 0.15) is 15.8 Å². The first-order valence-electron chi connectivity index (χ1n) is 6.24. The van der Waals surface area contributed by atoms with Crippen molar-refractivity contribution in [2.24, 2.45) is 7.05 Å². The summed E-state index contributed by atoms with van der Waals surface area (Å²) in [6.45, 7) is 4.00. The normalized spacial score (nSPS) is 10.2. The summed E-state index contributed by atoms with van der Waals surface area (Å²) in [5.41, 5.74) is 3.45. The molecule has 4 nitrogen and oxygen atoms in total. The molecule has 0 aliphatic rings. The maximum Gasteiger partial charge on any atom is 0.159 e. The lowest BCUT2D eigenvalue weighted by Crippen LogP contribution is -1.87. The summed E-state index contributed by atoms with van der Waals surface area (Å²) in [4.78, 5) is 12.6. The number of fused-ring (bicyclic) bond motifs is 1. The van der Waals surface area contributed by atoms with E-state index in [9.17, 15) is 0 Å². The summed E-state index contributed by atoms with van der Waals surface area (Å²) in [6, 6.07) is 3.52. The highest BCUT2D eigenvalue weighted by Gasteiger charge is 2.12. The van der Waals surface area contributed by atoms with Gasteiger partial charge in [0.2, 0.25) is 0 Å². The SMILES string of the molecule is CC.Cn1cc(-c2cc(Cl)nc(Cl)c2)c2nccnc21. The third-order valence-electron chi connectivity index (χ3n) is 2.66. The largest absolute Gasteiger partial charge is 0.334 e. The summed E-state index contributed by atoms with van der Waals surface area (Å²) in [5, 5.41) is 0.719. The quantitative estimate of drug-likeness (QED) is 0.627. The zero-order valence-corrected chi connectivity index (χ0v) is 12.9. The highest BCUT2D eigenvalue weighted by molar-refractivity contribution is 6.33. The van der Waals surface area contributed by atoms with Gasteiger partial charge in [0.15, 0.2) is 5.65 Å². The van der Waals surface area contributed by atoms with Crippen LogP contribution >= 0.6 is 23.2 Å². The second kappa shape index (κ2) is 6.20. The van der Waals surface area contributed by atoms with Crippen LogP contribution in [0.4, 0.5) is 0 Å². The molecule has 0 spiro atoms. The summed E-state index contributed by atoms with van der Waals surface area (Å²) >= 11 is 11.8. The van der Waals surface area contributed by atoms with Gasteiger partial charge in [-0.15, -0.1) is 0 Å². The van der Waals surface area contributed by atoms with Crippen molar-refractivity contribution >= 4 is 34.4 Å². The van der Waals surface area contributed by atoms with Crippen LogP contribution in [0.3, 0.4) is 0 Å². The highest BCUT2D eigenvalue weighted by Crippen LogP contribution is 2.30. The van der Waals surface area contributed by atoms with Crippen molar-refractivity contribution in [3.8, 4) is 11.1 Å². The number of rotatable bonds is 1. The predicted octanol–water partition coefficient (Wildman–Crippen LogP) is 4.36. The summed E-state index contributed by atoms with van der Waals surface area (Å²) in [5.74, 6) is 0. The van der Waals surface area contributed by atoms with Crippen LogP contribution in [0.25, 0.3) is 22.3 Å². The number of hydrogen-bond donors (Lipinski definition) is 0. The van der Waals surface area contributed by atoms with Crippen LogP contribution in [0.1, 0.15) is 13.8 Å². The number of hydrogen-bond acceptors (Lipinski definition) is 3. The Morgan fingerprint density at radius 1 is 1.00 bits per heavy atom. The molecule has 3 rings (SSSR count). The molecule has 0 N–H and O–H groups in total. The molecule has 0 aliphatic carbocycles. The first-order valence-corrected chi connectivity index (χ1v) is 7.00. The maximum absolute atomic E-state index is 5.92. The minimum absolute atomic E-state index is 0.360. The van der Waals surface area contributed by atoms with Crippen molar-refractivity contribution < 1.29 is 0 Å². The van der Waals surface area contributed by atoms with Crippen LogP contribution in [0.15, 0.2) is 30.7 Å². The van der Waals surface area contributed by atoms with E-state index in [4.69, 9.17) is 23.2 Å². The van der Waals surface area contributed by atoms with Gasteiger partial charge in [0.05, 0.1) is 0 Å². The van der Waals surface area contributed by atoms with E-state index in [0.29, 0.717) is 10.3 Å². The standard InChI is InChI=1S/C12H8Cl2N4.C2H6/c1-18-6-8(11-12(18)16-3-2-15-11)7-4-9(13)17-10(14)5-7;1-2/h2-6H,1H3;1-2H3. The molecule has 0 fully saturated rings. The van der Waals surface area contributed by atoms with E-state index in [1.54, 1.807) is 24.5 Å². The number of aromatic nitrogens is 4. The van der Waals surface area contributed by atoms with E-state index < -0.39 is 0 Å². The molecule has 0 bridgehead atoms. The monoisotopic (exact) mass is 308 g/mol. The van der Waals surface area contributed by atoms with Crippen LogP contribution in [-0.2, 0) is 7.05 Å². The Balaban J connectivity index is 0.000000704. The van der Waals surface area contributed by atoms with Crippen LogP contribution in [-0.4, -0.2) is 19.5 Å². The zero-order chi connectivity index (χ0) is 14.7. The second-order valence-electron chi connectivity index (χ2n) is 3.88. The molecule has 0 saturated carbocycles. The van der Waals surface area contributed by atoms with E-state index in [1.165, 1.54) is 0 Å². The lowest BCUT2D eigenvalue weighted by Gasteiger charge is -2.00. The third-order valence-corrected chi connectivity index (χ3v) is 3.05. The fourth-order valence-corrected chi connectivity index (χ4v) is 2.39. The molecule has 0 atom stereocenters. The Morgan fingerprint density at radius 2 is 1.60 bits per heavy atom. The molecule has 0 saturated heterocycles. The molecule has 0 radical (unpaired) electrons. The van der Waals surface area contributed by atoms with E-state index in [-0.39, 0.29) is 0 Å². The number of pyridine rings is 1. The van der Waals surface area contributed by atoms with Crippen LogP contribution in [0, 0.1) is 0 Å². The molecule has 3 heterocycles. The van der Waals surface area contributed by atoms with Crippen LogP contribution < -0.4 is 0 Å². The van der Waals surface area contributed by atoms with Gasteiger partial charge in [-0.05, 0) is 17.7 Å². The molecular formula is C14H14Cl2N4. The Hall–Kier alpha value is -1.65. The molecular weight excluding hydrogens is 295 g/mol. The fraction of sp³-hybridized carbons (Fsp3) is 0.214. The highest BCUT2D eigenvalue weighted by atomic mass is 35.5. The summed E-state index contributed by atoms with van der Waals surface area (Å²) in [7, 11) is 1.92. The van der Waals surface area contributed by atoms with E-state index in [1.807, 2.05) is 31.7 Å². The average molecular weight is 309 g/mol. The van der Waals surface area contributed by atoms with Gasteiger partial charge in [0.25, 0.3) is 0 Å². The topological polar surface area (TPSA) is 43.6 Å². The van der Waals surface area contributed by atoms with Crippen molar-refractivity contribution in [3.63, 3.8) is 0 Å². The van der Waals surface area contributed by atoms with E-state index >= 15 is 0 Å². The van der Waals surface area contributed by atoms with Gasteiger partial charge in [-0.25, -0.2) is 9.97 Å². The number of halogens is 2. The summed E-state index contributed by atoms with van der Waals surface area (Å²) in [6.07, 6.45) is 5.28. The fourth-order valence-electron chi connectivity index (χ4n) is 1.93. The smallest absolute Gasteiger partial charge is 0.159 e. The van der Waals surface area contributed by atoms with Crippen LogP contribution in [0.5, 0.6) is 0 Å². The Kier molecular flexibility index (Phi) is 4.57. The zero-order valence-electron chi connectivity index (χ0n) is 11.4. The van der Waals surface area contributed by atoms with Gasteiger partial charge in [-0.3, -0.25) is 4.98 Å². The van der Waals surface area contributed by atoms with Gasteiger partial charge in [-0.2, -0.15) is 0 Å². The van der Waals surface area contributed by atoms with Crippen molar-refractivity contribution in [2.75, 3.05) is 0 Å². The van der Waals surface area contributed by atoms with Crippen LogP contribution in [0.2, 0.25) is 10.3 Å². The minimum atomic E-state index is 0.360. The van der Waals surface area contributed by atoms with Gasteiger partial charge in [0, 0.05) is 31.2 Å². The van der Waals surface area contributed by atoms with Gasteiger partial charge < -0.3 is 4.57 Å². The van der Waals surface area contributed by atoms with Crippen molar-refractivity contribution in [1.29, 1.82) is 0 Å². The summed E-state index contributed by atoms with van der Waals surface area (Å²) < 4.78 is 1.92. The Bertz CT molecular complexity index is 717. The molecule has 6 heteroatoms. The van der Waals surface area contributed by atoms with Gasteiger partial charge >= 0.3 is 0 Å². The molecule has 0 amide bonds. The van der Waals surface area contributed by atoms with Crippen molar-refractivity contribution in [1.82, 2.24) is 19.5 Å². The number of nitrogens with zero attached hydrogens (tertiary/aromatic N) is 4. The molecule has 104 valence electrons. The molecule has 20 heavy (non-hydrogen) atoms. The van der Waals surface area contributed by atoms with E-state index in [0.717, 1.165) is 22.3 Å². The second-order valence-corrected chi connectivity index (χ2v) is 4.66. The number of aryl methyl sites for hydroxylation is 1. The minimum Gasteiger partial charge on any atom is -0.334 e. The maximum atomic E-state index is 5.92. The van der Waals surface area contributed by atoms with Gasteiger partial charge in [-0.1, -0.05) is 37.0 Å².